The van der Waals surface area contributed by atoms with Crippen molar-refractivity contribution in [3.05, 3.63) is 26.8 Å². The van der Waals surface area contributed by atoms with Gasteiger partial charge in [-0.15, -0.1) is 29.6 Å². The molecule has 0 aliphatic heterocycles. The molecule has 0 unspecified atom stereocenters. The zero-order valence-electron chi connectivity index (χ0n) is 6.11. The summed E-state index contributed by atoms with van der Waals surface area (Å²) in [7, 11) is 1.75. The fraction of sp³-hybridized carbons (Fsp3) is 0.167. The number of hydrogen-bond donors (Lipinski definition) is 1. The van der Waals surface area contributed by atoms with Crippen molar-refractivity contribution in [2.24, 2.45) is 0 Å². The summed E-state index contributed by atoms with van der Waals surface area (Å²) >= 11 is 0. The van der Waals surface area contributed by atoms with E-state index in [0.29, 0.717) is 0 Å². The number of allylic oxidation sites excluding steroid dienone is 1. The van der Waals surface area contributed by atoms with Crippen LogP contribution in [0.2, 0.25) is 0 Å². The minimum Gasteiger partial charge on any atom is -0.463 e. The molecule has 0 amide bonds. The van der Waals surface area contributed by atoms with Gasteiger partial charge in [-0.25, -0.2) is 0 Å². The van der Waals surface area contributed by atoms with Gasteiger partial charge in [-0.05, 0) is 6.72 Å². The van der Waals surface area contributed by atoms with Gasteiger partial charge in [0, 0.05) is 0 Å². The van der Waals surface area contributed by atoms with Crippen LogP contribution in [0.3, 0.4) is 0 Å². The molecule has 1 N–H and O–H groups in total. The standard InChI is InChI=1S/C4H7.CH2F.CH3N.BrH.Mg/c1-3-4-2;2*1-2;;/h3H,1-2,4H2;1H2;2H,1H2;1H;/q2*-1;;;+2. The minimum atomic E-state index is 0. The average Bonchev–Trinajstić information content (AvgIpc) is 1.96. The van der Waals surface area contributed by atoms with E-state index < -0.39 is 0 Å². The molecule has 58 valence electrons. The van der Waals surface area contributed by atoms with Gasteiger partial charge in [0.15, 0.2) is 0 Å². The molecule has 4 heteroatoms. The van der Waals surface area contributed by atoms with Gasteiger partial charge >= 0.3 is 23.1 Å². The Kier molecular flexibility index (Phi) is 329. The van der Waals surface area contributed by atoms with E-state index in [0.717, 1.165) is 6.42 Å². The van der Waals surface area contributed by atoms with E-state index in [1.807, 2.05) is 0 Å². The maximum atomic E-state index is 9.25. The van der Waals surface area contributed by atoms with E-state index in [-0.39, 0.29) is 40.0 Å². The molecule has 0 rings (SSSR count). The van der Waals surface area contributed by atoms with E-state index in [1.54, 1.807) is 13.3 Å². The SMILES string of the molecule is Br.C=CC[CH2-].C=N.[CH2-]F.[Mg+2]. The van der Waals surface area contributed by atoms with Gasteiger partial charge in [0.1, 0.15) is 0 Å². The summed E-state index contributed by atoms with van der Waals surface area (Å²) in [5.74, 6) is 0. The summed E-state index contributed by atoms with van der Waals surface area (Å²) in [6.45, 7) is 9.40. The molecule has 1 nitrogen and oxygen atoms in total. The second-order valence-corrected chi connectivity index (χ2v) is 0.577. The number of hydrogen-bond acceptors (Lipinski definition) is 1. The van der Waals surface area contributed by atoms with Crippen LogP contribution in [-0.4, -0.2) is 29.8 Å². The van der Waals surface area contributed by atoms with Crippen LogP contribution >= 0.6 is 17.0 Å². The Bertz CT molecular complexity index is 38.9. The monoisotopic (exact) mass is 221 g/mol. The summed E-state index contributed by atoms with van der Waals surface area (Å²) in [6, 6.07) is 0. The Morgan fingerprint density at radius 1 is 1.40 bits per heavy atom. The van der Waals surface area contributed by atoms with Crippen molar-refractivity contribution in [2.75, 3.05) is 0 Å². The fourth-order valence-electron chi connectivity index (χ4n) is 0. The predicted octanol–water partition coefficient (Wildman–Crippen LogP) is 2.61. The van der Waals surface area contributed by atoms with Crippen molar-refractivity contribution in [1.82, 2.24) is 0 Å². The Morgan fingerprint density at radius 3 is 1.50 bits per heavy atom. The zero-order chi connectivity index (χ0) is 7.41. The third kappa shape index (κ3) is 196. The molecule has 0 bridgehead atoms. The average molecular weight is 222 g/mol. The van der Waals surface area contributed by atoms with Crippen molar-refractivity contribution < 1.29 is 4.39 Å². The molecule has 10 heavy (non-hydrogen) atoms. The quantitative estimate of drug-likeness (QED) is 0.305. The minimum absolute atomic E-state index is 0. The third-order valence-electron chi connectivity index (χ3n) is 0.204. The number of halogens is 2. The molecule has 0 aliphatic carbocycles. The van der Waals surface area contributed by atoms with Crippen LogP contribution in [-0.2, 0) is 0 Å². The van der Waals surface area contributed by atoms with Crippen LogP contribution in [0.5, 0.6) is 0 Å². The Hall–Kier alpha value is 0.586. The molecule has 0 heterocycles. The van der Waals surface area contributed by atoms with Crippen molar-refractivity contribution in [1.29, 1.82) is 5.41 Å². The van der Waals surface area contributed by atoms with Crippen LogP contribution in [0.15, 0.2) is 12.7 Å². The van der Waals surface area contributed by atoms with Crippen LogP contribution in [0.1, 0.15) is 6.42 Å². The first-order valence-corrected chi connectivity index (χ1v) is 1.94. The summed E-state index contributed by atoms with van der Waals surface area (Å²) < 4.78 is 9.25. The number of rotatable bonds is 1. The van der Waals surface area contributed by atoms with Crippen LogP contribution in [0.4, 0.5) is 4.39 Å². The second kappa shape index (κ2) is 106. The largest absolute Gasteiger partial charge is 2.00 e. The first-order chi connectivity index (χ1) is 3.91. The van der Waals surface area contributed by atoms with Crippen molar-refractivity contribution in [3.63, 3.8) is 0 Å². The summed E-state index contributed by atoms with van der Waals surface area (Å²) in [5, 5.41) is 5.50. The van der Waals surface area contributed by atoms with E-state index in [1.165, 1.54) is 0 Å². The van der Waals surface area contributed by atoms with Crippen LogP contribution in [0.25, 0.3) is 0 Å². The zero-order valence-corrected chi connectivity index (χ0v) is 9.23. The molecule has 0 spiro atoms. The second-order valence-electron chi connectivity index (χ2n) is 0.577. The Morgan fingerprint density at radius 2 is 1.50 bits per heavy atom. The first kappa shape index (κ1) is 31.2. The maximum absolute atomic E-state index is 9.25. The molecular formula is C6H13BrFMgN. The molecule has 0 aromatic rings. The van der Waals surface area contributed by atoms with Gasteiger partial charge in [-0.1, -0.05) is 0 Å². The van der Waals surface area contributed by atoms with Crippen LogP contribution < -0.4 is 0 Å². The molecule has 0 atom stereocenters. The van der Waals surface area contributed by atoms with Gasteiger partial charge < -0.3 is 16.7 Å². The molecule has 0 radical (unpaired) electrons. The predicted molar refractivity (Wildman–Crippen MR) is 52.6 cm³/mol. The van der Waals surface area contributed by atoms with Gasteiger partial charge in [-0.3, -0.25) is 0 Å². The first-order valence-electron chi connectivity index (χ1n) is 1.94. The topological polar surface area (TPSA) is 23.9 Å². The van der Waals surface area contributed by atoms with E-state index in [4.69, 9.17) is 5.41 Å². The van der Waals surface area contributed by atoms with Gasteiger partial charge in [0.05, 0.1) is 0 Å². The van der Waals surface area contributed by atoms with E-state index in [9.17, 15) is 4.39 Å². The molecule has 0 saturated heterocycles. The van der Waals surface area contributed by atoms with Gasteiger partial charge in [-0.2, -0.15) is 13.6 Å². The normalized spacial score (nSPS) is 3.50. The van der Waals surface area contributed by atoms with Crippen molar-refractivity contribution in [3.8, 4) is 0 Å². The van der Waals surface area contributed by atoms with E-state index in [2.05, 4.69) is 20.2 Å². The fourth-order valence-corrected chi connectivity index (χ4v) is 0. The molecule has 0 aliphatic rings. The van der Waals surface area contributed by atoms with Gasteiger partial charge in [0.25, 0.3) is 0 Å². The molecular weight excluding hydrogens is 209 g/mol. The molecule has 0 aromatic heterocycles. The summed E-state index contributed by atoms with van der Waals surface area (Å²) in [6.07, 6.45) is 2.60. The number of nitrogens with one attached hydrogen (secondary N) is 1. The van der Waals surface area contributed by atoms with Crippen molar-refractivity contribution >= 4 is 46.8 Å². The van der Waals surface area contributed by atoms with Crippen LogP contribution in [0, 0.1) is 19.5 Å². The smallest absolute Gasteiger partial charge is 0.463 e. The summed E-state index contributed by atoms with van der Waals surface area (Å²) in [4.78, 5) is 0. The Labute approximate surface area is 89.5 Å². The molecule has 0 saturated carbocycles. The van der Waals surface area contributed by atoms with Gasteiger partial charge in [0.2, 0.25) is 0 Å². The van der Waals surface area contributed by atoms with Crippen molar-refractivity contribution in [2.45, 2.75) is 6.42 Å². The summed E-state index contributed by atoms with van der Waals surface area (Å²) in [5.41, 5.74) is 0. The maximum Gasteiger partial charge on any atom is 2.00 e. The molecule has 0 aromatic carbocycles. The van der Waals surface area contributed by atoms with E-state index >= 15 is 0 Å². The Balaban J connectivity index is -0.0000000125. The molecule has 0 fully saturated rings. The third-order valence-corrected chi connectivity index (χ3v) is 0.204.